The van der Waals surface area contributed by atoms with Gasteiger partial charge in [0.15, 0.2) is 0 Å². The van der Waals surface area contributed by atoms with Gasteiger partial charge in [0.1, 0.15) is 11.5 Å². The van der Waals surface area contributed by atoms with E-state index >= 15 is 0 Å². The number of nitrogens with zero attached hydrogens (tertiary/aromatic N) is 4. The lowest BCUT2D eigenvalue weighted by atomic mass is 9.76. The molecule has 6 heteroatoms. The molecule has 6 nitrogen and oxygen atoms in total. The number of carbonyl (C=O) groups excluding carboxylic acids is 1. The standard InChI is InChI=1S/C26H29N5O/c1-16-6-11-23(28-14-16)30-21-13-19-8-10-22(21)31(15-19)26(32)20-9-7-18(3)29-25(20)24-17(2)5-4-12-27-24/h4-7,9,11-12,14,19,21-22H,8,10,13,15H2,1-3H3,(H,28,30). The monoisotopic (exact) mass is 427 g/mol. The van der Waals surface area contributed by atoms with Gasteiger partial charge in [-0.15, -0.1) is 0 Å². The number of piperidine rings is 2. The summed E-state index contributed by atoms with van der Waals surface area (Å²) >= 11 is 0. The van der Waals surface area contributed by atoms with Crippen molar-refractivity contribution < 1.29 is 4.79 Å². The van der Waals surface area contributed by atoms with E-state index in [0.717, 1.165) is 47.7 Å². The normalized spacial score (nSPS) is 22.1. The van der Waals surface area contributed by atoms with Crippen LogP contribution in [0.2, 0.25) is 0 Å². The number of carbonyl (C=O) groups is 1. The van der Waals surface area contributed by atoms with Crippen molar-refractivity contribution in [1.29, 1.82) is 0 Å². The van der Waals surface area contributed by atoms with Crippen molar-refractivity contribution in [2.45, 2.75) is 52.1 Å². The lowest BCUT2D eigenvalue weighted by molar-refractivity contribution is 0.0282. The summed E-state index contributed by atoms with van der Waals surface area (Å²) in [7, 11) is 0. The summed E-state index contributed by atoms with van der Waals surface area (Å²) in [4.78, 5) is 29.7. The Labute approximate surface area is 189 Å². The summed E-state index contributed by atoms with van der Waals surface area (Å²) in [5.41, 5.74) is 5.13. The average molecular weight is 428 g/mol. The highest BCUT2D eigenvalue weighted by atomic mass is 16.2. The Hall–Kier alpha value is -3.28. The molecule has 2 bridgehead atoms. The van der Waals surface area contributed by atoms with Crippen molar-refractivity contribution in [1.82, 2.24) is 19.9 Å². The fourth-order valence-electron chi connectivity index (χ4n) is 5.12. The van der Waals surface area contributed by atoms with Crippen LogP contribution in [-0.4, -0.2) is 44.4 Å². The minimum absolute atomic E-state index is 0.0515. The maximum atomic E-state index is 13.9. The molecule has 3 aromatic rings. The highest BCUT2D eigenvalue weighted by molar-refractivity contribution is 6.00. The van der Waals surface area contributed by atoms with Crippen LogP contribution < -0.4 is 5.32 Å². The van der Waals surface area contributed by atoms with Gasteiger partial charge in [0.2, 0.25) is 0 Å². The van der Waals surface area contributed by atoms with Crippen LogP contribution in [0.4, 0.5) is 5.82 Å². The summed E-state index contributed by atoms with van der Waals surface area (Å²) in [5, 5.41) is 3.61. The third-order valence-electron chi connectivity index (χ3n) is 6.78. The molecule has 32 heavy (non-hydrogen) atoms. The smallest absolute Gasteiger partial charge is 0.256 e. The summed E-state index contributed by atoms with van der Waals surface area (Å²) < 4.78 is 0. The van der Waals surface area contributed by atoms with E-state index in [1.54, 1.807) is 6.20 Å². The van der Waals surface area contributed by atoms with E-state index in [4.69, 9.17) is 4.98 Å². The van der Waals surface area contributed by atoms with E-state index in [1.807, 2.05) is 57.3 Å². The number of aromatic nitrogens is 3. The number of nitrogens with one attached hydrogen (secondary N) is 1. The van der Waals surface area contributed by atoms with Gasteiger partial charge < -0.3 is 10.2 Å². The first-order valence-corrected chi connectivity index (χ1v) is 11.4. The molecule has 2 aliphatic heterocycles. The number of rotatable bonds is 4. The molecule has 5 heterocycles. The lowest BCUT2D eigenvalue weighted by Crippen LogP contribution is -2.59. The molecule has 1 N–H and O–H groups in total. The van der Waals surface area contributed by atoms with Gasteiger partial charge in [-0.05, 0) is 81.3 Å². The fraction of sp³-hybridized carbons (Fsp3) is 0.385. The molecule has 0 radical (unpaired) electrons. The van der Waals surface area contributed by atoms with Crippen LogP contribution in [0, 0.1) is 26.7 Å². The van der Waals surface area contributed by atoms with Gasteiger partial charge in [0.05, 0.1) is 17.3 Å². The van der Waals surface area contributed by atoms with Crippen LogP contribution >= 0.6 is 0 Å². The van der Waals surface area contributed by atoms with Crippen molar-refractivity contribution in [3.05, 3.63) is 71.2 Å². The Bertz CT molecular complexity index is 1140. The molecule has 3 unspecified atom stereocenters. The SMILES string of the molecule is Cc1ccc(NC2CC3CCC2N(C(=O)c2ccc(C)nc2-c2ncccc2C)C3)nc1. The quantitative estimate of drug-likeness (QED) is 0.660. The average Bonchev–Trinajstić information content (AvgIpc) is 2.81. The molecule has 0 aromatic carbocycles. The second kappa shape index (κ2) is 8.34. The Morgan fingerprint density at radius 2 is 1.91 bits per heavy atom. The van der Waals surface area contributed by atoms with Crippen LogP contribution in [0.15, 0.2) is 48.8 Å². The number of pyridine rings is 3. The topological polar surface area (TPSA) is 71.0 Å². The molecule has 164 valence electrons. The van der Waals surface area contributed by atoms with Gasteiger partial charge in [0.25, 0.3) is 5.91 Å². The molecule has 1 aliphatic carbocycles. The second-order valence-corrected chi connectivity index (χ2v) is 9.19. The zero-order valence-electron chi connectivity index (χ0n) is 18.9. The van der Waals surface area contributed by atoms with Crippen molar-refractivity contribution in [2.24, 2.45) is 5.92 Å². The van der Waals surface area contributed by atoms with Crippen molar-refractivity contribution in [3.63, 3.8) is 0 Å². The fourth-order valence-corrected chi connectivity index (χ4v) is 5.12. The van der Waals surface area contributed by atoms with E-state index in [-0.39, 0.29) is 18.0 Å². The highest BCUT2D eigenvalue weighted by Gasteiger charge is 2.43. The Morgan fingerprint density at radius 1 is 1.03 bits per heavy atom. The van der Waals surface area contributed by atoms with E-state index in [9.17, 15) is 4.79 Å². The minimum Gasteiger partial charge on any atom is -0.365 e. The molecule has 1 saturated carbocycles. The minimum atomic E-state index is 0.0515. The summed E-state index contributed by atoms with van der Waals surface area (Å²) in [6.07, 6.45) is 6.90. The number of fused-ring (bicyclic) bond motifs is 3. The van der Waals surface area contributed by atoms with Gasteiger partial charge in [-0.2, -0.15) is 0 Å². The predicted octanol–water partition coefficient (Wildman–Crippen LogP) is 4.57. The van der Waals surface area contributed by atoms with Gasteiger partial charge in [-0.1, -0.05) is 12.1 Å². The van der Waals surface area contributed by atoms with Crippen LogP contribution in [0.1, 0.15) is 46.4 Å². The first-order chi connectivity index (χ1) is 15.5. The number of aryl methyl sites for hydroxylation is 3. The molecule has 6 rings (SSSR count). The molecule has 0 spiro atoms. The Morgan fingerprint density at radius 3 is 2.66 bits per heavy atom. The van der Waals surface area contributed by atoms with Crippen molar-refractivity contribution in [2.75, 3.05) is 11.9 Å². The van der Waals surface area contributed by atoms with Crippen LogP contribution in [0.25, 0.3) is 11.4 Å². The summed E-state index contributed by atoms with van der Waals surface area (Å²) in [6, 6.07) is 12.2. The summed E-state index contributed by atoms with van der Waals surface area (Å²) in [6.45, 7) is 6.80. The molecular weight excluding hydrogens is 398 g/mol. The third kappa shape index (κ3) is 3.85. The maximum absolute atomic E-state index is 13.9. The number of amides is 1. The first-order valence-electron chi connectivity index (χ1n) is 11.4. The molecule has 3 aromatic heterocycles. The zero-order chi connectivity index (χ0) is 22.2. The Balaban J connectivity index is 1.46. The van der Waals surface area contributed by atoms with Crippen molar-refractivity contribution in [3.8, 4) is 11.4 Å². The maximum Gasteiger partial charge on any atom is 0.256 e. The number of hydrogen-bond donors (Lipinski definition) is 1. The molecular formula is C26H29N5O. The Kier molecular flexibility index (Phi) is 5.37. The predicted molar refractivity (Wildman–Crippen MR) is 125 cm³/mol. The van der Waals surface area contributed by atoms with Gasteiger partial charge in [-0.25, -0.2) is 4.98 Å². The molecule has 3 aliphatic rings. The third-order valence-corrected chi connectivity index (χ3v) is 6.78. The van der Waals surface area contributed by atoms with E-state index < -0.39 is 0 Å². The molecule has 1 amide bonds. The lowest BCUT2D eigenvalue weighted by Gasteiger charge is -2.50. The molecule has 3 fully saturated rings. The second-order valence-electron chi connectivity index (χ2n) is 9.19. The van der Waals surface area contributed by atoms with Gasteiger partial charge >= 0.3 is 0 Å². The van der Waals surface area contributed by atoms with Crippen molar-refractivity contribution >= 4 is 11.7 Å². The van der Waals surface area contributed by atoms with E-state index in [2.05, 4.69) is 26.3 Å². The molecule has 2 saturated heterocycles. The van der Waals surface area contributed by atoms with Crippen LogP contribution in [0.3, 0.4) is 0 Å². The van der Waals surface area contributed by atoms with Gasteiger partial charge in [0, 0.05) is 30.7 Å². The molecule has 3 atom stereocenters. The highest BCUT2D eigenvalue weighted by Crippen LogP contribution is 2.38. The van der Waals surface area contributed by atoms with Crippen LogP contribution in [-0.2, 0) is 0 Å². The largest absolute Gasteiger partial charge is 0.365 e. The summed E-state index contributed by atoms with van der Waals surface area (Å²) in [5.74, 6) is 1.43. The first kappa shape index (κ1) is 20.6. The van der Waals surface area contributed by atoms with Gasteiger partial charge in [-0.3, -0.25) is 14.8 Å². The zero-order valence-corrected chi connectivity index (χ0v) is 18.9. The number of anilines is 1. The van der Waals surface area contributed by atoms with E-state index in [0.29, 0.717) is 17.2 Å². The van der Waals surface area contributed by atoms with Crippen LogP contribution in [0.5, 0.6) is 0 Å². The number of hydrogen-bond acceptors (Lipinski definition) is 5. The van der Waals surface area contributed by atoms with E-state index in [1.165, 1.54) is 6.42 Å².